The second-order valence-corrected chi connectivity index (χ2v) is 2.61. The lowest BCUT2D eigenvalue weighted by molar-refractivity contribution is 0.0996. The molecule has 2 aromatic rings. The van der Waals surface area contributed by atoms with Gasteiger partial charge >= 0.3 is 0 Å². The topological polar surface area (TPSA) is 68.9 Å². The predicted octanol–water partition coefficient (Wildman–Crippen LogP) is 1.15. The average Bonchev–Trinajstić information content (AvgIpc) is 2.17. The van der Waals surface area contributed by atoms with Gasteiger partial charge in [0.25, 0.3) is 5.91 Å². The minimum absolute atomic E-state index is 0. The zero-order chi connectivity index (χ0) is 9.26. The Morgan fingerprint density at radius 3 is 2.79 bits per heavy atom. The molecule has 0 spiro atoms. The van der Waals surface area contributed by atoms with Crippen molar-refractivity contribution in [2.45, 2.75) is 0 Å². The number of carbonyl (C=O) groups excluding carboxylic acids is 1. The maximum atomic E-state index is 10.8. The smallest absolute Gasteiger partial charge is 0.267 e. The summed E-state index contributed by atoms with van der Waals surface area (Å²) in [6.07, 6.45) is 1.63. The predicted molar refractivity (Wildman–Crippen MR) is 55.3 cm³/mol. The lowest BCUT2D eigenvalue weighted by Gasteiger charge is -1.96. The van der Waals surface area contributed by atoms with Crippen LogP contribution in [0.25, 0.3) is 11.0 Å². The summed E-state index contributed by atoms with van der Waals surface area (Å²) in [7, 11) is 0. The monoisotopic (exact) mass is 209 g/mol. The van der Waals surface area contributed by atoms with Gasteiger partial charge in [-0.25, -0.2) is 9.97 Å². The minimum Gasteiger partial charge on any atom is -0.364 e. The number of carbonyl (C=O) groups is 1. The Morgan fingerprint density at radius 2 is 2.07 bits per heavy atom. The highest BCUT2D eigenvalue weighted by atomic mass is 35.5. The fraction of sp³-hybridized carbons (Fsp3) is 0. The zero-order valence-electron chi connectivity index (χ0n) is 7.18. The molecule has 4 nitrogen and oxygen atoms in total. The van der Waals surface area contributed by atoms with Gasteiger partial charge in [0.2, 0.25) is 0 Å². The molecule has 14 heavy (non-hydrogen) atoms. The quantitative estimate of drug-likeness (QED) is 0.766. The lowest BCUT2D eigenvalue weighted by atomic mass is 10.2. The minimum atomic E-state index is -0.535. The molecule has 2 heterocycles. The molecule has 2 aromatic heterocycles. The molecule has 0 aromatic carbocycles. The van der Waals surface area contributed by atoms with E-state index in [1.54, 1.807) is 18.3 Å². The van der Waals surface area contributed by atoms with E-state index < -0.39 is 5.91 Å². The lowest BCUT2D eigenvalue weighted by Crippen LogP contribution is -2.12. The van der Waals surface area contributed by atoms with E-state index in [1.165, 1.54) is 0 Å². The summed E-state index contributed by atoms with van der Waals surface area (Å²) < 4.78 is 0. The van der Waals surface area contributed by atoms with E-state index >= 15 is 0 Å². The molecule has 0 fully saturated rings. The fourth-order valence-electron chi connectivity index (χ4n) is 1.09. The molecular formula is C9H8ClN3O. The van der Waals surface area contributed by atoms with Gasteiger partial charge in [-0.05, 0) is 24.3 Å². The Bertz CT molecular complexity index is 472. The summed E-state index contributed by atoms with van der Waals surface area (Å²) in [5, 5.41) is 0.896. The van der Waals surface area contributed by atoms with E-state index in [0.29, 0.717) is 5.65 Å². The van der Waals surface area contributed by atoms with Crippen molar-refractivity contribution in [3.05, 3.63) is 36.2 Å². The van der Waals surface area contributed by atoms with Gasteiger partial charge in [-0.2, -0.15) is 0 Å². The van der Waals surface area contributed by atoms with Gasteiger partial charge in [0.15, 0.2) is 5.65 Å². The number of hydrogen-bond donors (Lipinski definition) is 1. The van der Waals surface area contributed by atoms with E-state index in [4.69, 9.17) is 5.73 Å². The first kappa shape index (κ1) is 10.4. The number of nitrogens with two attached hydrogens (primary N) is 1. The highest BCUT2D eigenvalue weighted by Crippen LogP contribution is 2.08. The molecule has 0 aliphatic carbocycles. The average molecular weight is 210 g/mol. The van der Waals surface area contributed by atoms with E-state index in [0.717, 1.165) is 5.39 Å². The Balaban J connectivity index is 0.000000980. The first-order chi connectivity index (χ1) is 6.27. The van der Waals surface area contributed by atoms with Gasteiger partial charge in [0, 0.05) is 11.6 Å². The third-order valence-electron chi connectivity index (χ3n) is 1.72. The first-order valence-electron chi connectivity index (χ1n) is 3.79. The van der Waals surface area contributed by atoms with Crippen molar-refractivity contribution in [3.63, 3.8) is 0 Å². The van der Waals surface area contributed by atoms with Crippen molar-refractivity contribution in [1.82, 2.24) is 9.97 Å². The summed E-state index contributed by atoms with van der Waals surface area (Å²) in [4.78, 5) is 18.8. The molecule has 2 N–H and O–H groups in total. The number of hydrogen-bond acceptors (Lipinski definition) is 3. The number of pyridine rings is 2. The molecule has 5 heteroatoms. The van der Waals surface area contributed by atoms with Crippen LogP contribution in [-0.2, 0) is 0 Å². The molecule has 1 amide bonds. The van der Waals surface area contributed by atoms with Crippen molar-refractivity contribution in [3.8, 4) is 0 Å². The fourth-order valence-corrected chi connectivity index (χ4v) is 1.09. The van der Waals surface area contributed by atoms with Crippen LogP contribution < -0.4 is 5.73 Å². The molecule has 0 aliphatic rings. The van der Waals surface area contributed by atoms with Gasteiger partial charge < -0.3 is 5.73 Å². The maximum absolute atomic E-state index is 10.8. The van der Waals surface area contributed by atoms with Crippen LogP contribution in [0.5, 0.6) is 0 Å². The van der Waals surface area contributed by atoms with Crippen LogP contribution in [0, 0.1) is 0 Å². The van der Waals surface area contributed by atoms with Gasteiger partial charge in [-0.3, -0.25) is 4.79 Å². The van der Waals surface area contributed by atoms with E-state index in [9.17, 15) is 4.79 Å². The van der Waals surface area contributed by atoms with E-state index in [-0.39, 0.29) is 18.1 Å². The van der Waals surface area contributed by atoms with Crippen LogP contribution in [0.3, 0.4) is 0 Å². The second-order valence-electron chi connectivity index (χ2n) is 2.61. The van der Waals surface area contributed by atoms with Crippen molar-refractivity contribution in [2.24, 2.45) is 5.73 Å². The van der Waals surface area contributed by atoms with Crippen LogP contribution >= 0.6 is 12.4 Å². The van der Waals surface area contributed by atoms with Gasteiger partial charge in [0.1, 0.15) is 5.69 Å². The molecule has 0 saturated heterocycles. The number of nitrogens with zero attached hydrogens (tertiary/aromatic N) is 2. The Kier molecular flexibility index (Phi) is 2.99. The highest BCUT2D eigenvalue weighted by molar-refractivity contribution is 5.92. The molecule has 72 valence electrons. The van der Waals surface area contributed by atoms with E-state index in [2.05, 4.69) is 9.97 Å². The van der Waals surface area contributed by atoms with Crippen molar-refractivity contribution in [2.75, 3.05) is 0 Å². The van der Waals surface area contributed by atoms with Crippen LogP contribution in [0.1, 0.15) is 10.5 Å². The third kappa shape index (κ3) is 1.80. The Morgan fingerprint density at radius 1 is 1.29 bits per heavy atom. The molecule has 0 aliphatic heterocycles. The number of fused-ring (bicyclic) bond motifs is 1. The normalized spacial score (nSPS) is 9.43. The van der Waals surface area contributed by atoms with Gasteiger partial charge in [-0.1, -0.05) is 0 Å². The number of amides is 1. The number of halogens is 1. The van der Waals surface area contributed by atoms with Crippen LogP contribution in [0.15, 0.2) is 30.5 Å². The number of primary amides is 1. The summed E-state index contributed by atoms with van der Waals surface area (Å²) in [6.45, 7) is 0. The molecule has 0 unspecified atom stereocenters. The zero-order valence-corrected chi connectivity index (χ0v) is 7.99. The molecule has 0 atom stereocenters. The molecule has 2 rings (SSSR count). The maximum Gasteiger partial charge on any atom is 0.267 e. The van der Waals surface area contributed by atoms with Gasteiger partial charge in [0.05, 0.1) is 0 Å². The second kappa shape index (κ2) is 4.02. The van der Waals surface area contributed by atoms with Crippen molar-refractivity contribution in [1.29, 1.82) is 0 Å². The Labute approximate surface area is 86.6 Å². The van der Waals surface area contributed by atoms with Crippen molar-refractivity contribution >= 4 is 29.3 Å². The summed E-state index contributed by atoms with van der Waals surface area (Å²) in [6, 6.07) is 7.05. The third-order valence-corrected chi connectivity index (χ3v) is 1.72. The molecule has 0 saturated carbocycles. The van der Waals surface area contributed by atoms with Crippen molar-refractivity contribution < 1.29 is 4.79 Å². The SMILES string of the molecule is Cl.NC(=O)c1ccc2cccnc2n1. The molecule has 0 radical (unpaired) electrons. The Hall–Kier alpha value is -1.68. The molecular weight excluding hydrogens is 202 g/mol. The van der Waals surface area contributed by atoms with Crippen LogP contribution in [0.4, 0.5) is 0 Å². The van der Waals surface area contributed by atoms with E-state index in [1.807, 2.05) is 12.1 Å². The van der Waals surface area contributed by atoms with Gasteiger partial charge in [-0.15, -0.1) is 12.4 Å². The summed E-state index contributed by atoms with van der Waals surface area (Å²) in [5.41, 5.74) is 5.86. The summed E-state index contributed by atoms with van der Waals surface area (Å²) >= 11 is 0. The summed E-state index contributed by atoms with van der Waals surface area (Å²) in [5.74, 6) is -0.535. The standard InChI is InChI=1S/C9H7N3O.ClH/c10-8(13)7-4-3-6-2-1-5-11-9(6)12-7;/h1-5H,(H2,10,13);1H. The van der Waals surface area contributed by atoms with Crippen LogP contribution in [0.2, 0.25) is 0 Å². The highest BCUT2D eigenvalue weighted by Gasteiger charge is 2.02. The number of rotatable bonds is 1. The molecule has 0 bridgehead atoms. The number of aromatic nitrogens is 2. The first-order valence-corrected chi connectivity index (χ1v) is 3.79. The largest absolute Gasteiger partial charge is 0.364 e. The van der Waals surface area contributed by atoms with Crippen LogP contribution in [-0.4, -0.2) is 15.9 Å².